The van der Waals surface area contributed by atoms with E-state index in [1.165, 1.54) is 0 Å². The highest BCUT2D eigenvalue weighted by atomic mass is 32.1. The maximum absolute atomic E-state index is 11.6. The maximum atomic E-state index is 11.6. The molecule has 122 valence electrons. The van der Waals surface area contributed by atoms with Crippen molar-refractivity contribution in [3.63, 3.8) is 0 Å². The highest BCUT2D eigenvalue weighted by Gasteiger charge is 2.55. The zero-order valence-electron chi connectivity index (χ0n) is 12.0. The van der Waals surface area contributed by atoms with Crippen LogP contribution < -0.4 is 0 Å². The van der Waals surface area contributed by atoms with E-state index in [1.54, 1.807) is 17.4 Å². The summed E-state index contributed by atoms with van der Waals surface area (Å²) in [6.45, 7) is 0. The van der Waals surface area contributed by atoms with Crippen LogP contribution in [0, 0.1) is 5.92 Å². The van der Waals surface area contributed by atoms with Crippen LogP contribution in [0.5, 0.6) is 0 Å². The summed E-state index contributed by atoms with van der Waals surface area (Å²) in [7, 11) is 0. The fourth-order valence-corrected chi connectivity index (χ4v) is 3.89. The fraction of sp³-hybridized carbons (Fsp3) is 0.375. The first kappa shape index (κ1) is 16.1. The van der Waals surface area contributed by atoms with E-state index in [-0.39, 0.29) is 6.42 Å². The molecule has 0 bridgehead atoms. The molecule has 0 radical (unpaired) electrons. The average Bonchev–Trinajstić information content (AvgIpc) is 2.97. The normalized spacial score (nSPS) is 31.4. The van der Waals surface area contributed by atoms with E-state index in [0.717, 1.165) is 15.6 Å². The van der Waals surface area contributed by atoms with Gasteiger partial charge in [-0.3, -0.25) is 4.79 Å². The molecule has 7 heteroatoms. The highest BCUT2D eigenvalue weighted by Crippen LogP contribution is 2.36. The van der Waals surface area contributed by atoms with Gasteiger partial charge in [0.05, 0.1) is 6.10 Å². The summed E-state index contributed by atoms with van der Waals surface area (Å²) in [5.74, 6) is -3.62. The first-order valence-corrected chi connectivity index (χ1v) is 8.01. The van der Waals surface area contributed by atoms with Crippen molar-refractivity contribution in [1.82, 2.24) is 0 Å². The Morgan fingerprint density at radius 1 is 1.30 bits per heavy atom. The van der Waals surface area contributed by atoms with Crippen LogP contribution in [0.2, 0.25) is 0 Å². The number of hydrogen-bond donors (Lipinski definition) is 4. The predicted molar refractivity (Wildman–Crippen MR) is 83.2 cm³/mol. The van der Waals surface area contributed by atoms with Gasteiger partial charge in [-0.15, -0.1) is 11.3 Å². The number of Topliss-reactive ketones (excluding diaryl/α,β-unsaturated/α-hetero) is 1. The van der Waals surface area contributed by atoms with E-state index < -0.39 is 41.9 Å². The Labute approximate surface area is 135 Å². The van der Waals surface area contributed by atoms with Crippen LogP contribution in [0.3, 0.4) is 0 Å². The lowest BCUT2D eigenvalue weighted by atomic mass is 9.69. The van der Waals surface area contributed by atoms with Gasteiger partial charge in [-0.25, -0.2) is 4.79 Å². The third kappa shape index (κ3) is 2.66. The zero-order valence-corrected chi connectivity index (χ0v) is 12.9. The lowest BCUT2D eigenvalue weighted by Crippen LogP contribution is -2.61. The van der Waals surface area contributed by atoms with Crippen molar-refractivity contribution in [3.05, 3.63) is 35.2 Å². The van der Waals surface area contributed by atoms with Gasteiger partial charge in [-0.1, -0.05) is 12.1 Å². The Bertz CT molecular complexity index is 769. The van der Waals surface area contributed by atoms with Crippen molar-refractivity contribution < 1.29 is 30.0 Å². The summed E-state index contributed by atoms with van der Waals surface area (Å²) >= 11 is 1.57. The minimum absolute atomic E-state index is 0.0418. The van der Waals surface area contributed by atoms with Gasteiger partial charge in [0.25, 0.3) is 0 Å². The average molecular weight is 336 g/mol. The number of thiophene rings is 1. The maximum Gasteiger partial charge on any atom is 0.336 e. The van der Waals surface area contributed by atoms with Crippen LogP contribution >= 0.6 is 11.3 Å². The van der Waals surface area contributed by atoms with Crippen LogP contribution in [0.15, 0.2) is 29.6 Å². The quantitative estimate of drug-likeness (QED) is 0.651. The Balaban J connectivity index is 1.96. The lowest BCUT2D eigenvalue weighted by molar-refractivity contribution is -0.190. The van der Waals surface area contributed by atoms with Crippen LogP contribution in [-0.4, -0.2) is 50.0 Å². The van der Waals surface area contributed by atoms with E-state index >= 15 is 0 Å². The van der Waals surface area contributed by atoms with Gasteiger partial charge in [0, 0.05) is 17.0 Å². The molecule has 3 rings (SSSR count). The summed E-state index contributed by atoms with van der Waals surface area (Å²) in [6.07, 6.45) is -3.98. The van der Waals surface area contributed by atoms with E-state index in [2.05, 4.69) is 0 Å². The number of aliphatic hydroxyl groups is 3. The highest BCUT2D eigenvalue weighted by molar-refractivity contribution is 7.17. The Hall–Kier alpha value is -1.80. The summed E-state index contributed by atoms with van der Waals surface area (Å²) in [5, 5.41) is 42.5. The molecule has 1 aromatic carbocycles. The second-order valence-corrected chi connectivity index (χ2v) is 6.86. The lowest BCUT2D eigenvalue weighted by Gasteiger charge is -2.41. The predicted octanol–water partition coefficient (Wildman–Crippen LogP) is 0.570. The summed E-state index contributed by atoms with van der Waals surface area (Å²) in [6, 6.07) is 7.44. The first-order chi connectivity index (χ1) is 10.8. The van der Waals surface area contributed by atoms with E-state index in [1.807, 2.05) is 23.6 Å². The molecule has 2 aromatic rings. The molecule has 0 spiro atoms. The van der Waals surface area contributed by atoms with Crippen LogP contribution in [-0.2, 0) is 16.0 Å². The van der Waals surface area contributed by atoms with E-state index in [0.29, 0.717) is 0 Å². The number of carboxylic acid groups (broad SMARTS) is 1. The zero-order chi connectivity index (χ0) is 16.8. The fourth-order valence-electron chi connectivity index (χ4n) is 3.12. The molecule has 1 saturated carbocycles. The molecule has 4 N–H and O–H groups in total. The van der Waals surface area contributed by atoms with Gasteiger partial charge in [-0.05, 0) is 34.9 Å². The third-order valence-corrected chi connectivity index (χ3v) is 5.36. The van der Waals surface area contributed by atoms with Gasteiger partial charge in [0.1, 0.15) is 6.10 Å². The smallest absolute Gasteiger partial charge is 0.336 e. The second-order valence-electron chi connectivity index (χ2n) is 5.91. The topological polar surface area (TPSA) is 115 Å². The molecule has 0 saturated heterocycles. The van der Waals surface area contributed by atoms with Crippen molar-refractivity contribution in [3.8, 4) is 0 Å². The van der Waals surface area contributed by atoms with Crippen LogP contribution in [0.4, 0.5) is 0 Å². The van der Waals surface area contributed by atoms with E-state index in [9.17, 15) is 30.0 Å². The molecule has 1 heterocycles. The van der Waals surface area contributed by atoms with Gasteiger partial charge in [-0.2, -0.15) is 0 Å². The molecular formula is C16H16O6S. The molecule has 23 heavy (non-hydrogen) atoms. The summed E-state index contributed by atoms with van der Waals surface area (Å²) < 4.78 is 1.07. The number of rotatable bonds is 3. The van der Waals surface area contributed by atoms with Crippen LogP contribution in [0.1, 0.15) is 12.0 Å². The van der Waals surface area contributed by atoms with Crippen LogP contribution in [0.25, 0.3) is 10.1 Å². The van der Waals surface area contributed by atoms with Crippen molar-refractivity contribution in [1.29, 1.82) is 0 Å². The van der Waals surface area contributed by atoms with Gasteiger partial charge >= 0.3 is 5.97 Å². The molecule has 4 atom stereocenters. The monoisotopic (exact) mass is 336 g/mol. The Kier molecular flexibility index (Phi) is 3.97. The minimum atomic E-state index is -2.39. The molecule has 0 aliphatic heterocycles. The van der Waals surface area contributed by atoms with E-state index in [4.69, 9.17) is 0 Å². The molecule has 6 nitrogen and oxygen atoms in total. The number of benzene rings is 1. The Morgan fingerprint density at radius 3 is 2.74 bits per heavy atom. The number of carbonyl (C=O) groups is 2. The number of hydrogen-bond acceptors (Lipinski definition) is 6. The van der Waals surface area contributed by atoms with Crippen molar-refractivity contribution >= 4 is 33.2 Å². The SMILES string of the molecule is O=C1C[C@](O)(C(=O)O)[C@@H](Cc2ccc3sccc3c2)[C@@H](O)[C@@H]1O. The molecule has 1 aromatic heterocycles. The Morgan fingerprint density at radius 2 is 2.04 bits per heavy atom. The number of aliphatic hydroxyl groups excluding tert-OH is 2. The van der Waals surface area contributed by atoms with Crippen molar-refractivity contribution in [2.75, 3.05) is 0 Å². The number of carboxylic acids is 1. The van der Waals surface area contributed by atoms with Gasteiger partial charge in [0.2, 0.25) is 0 Å². The molecular weight excluding hydrogens is 320 g/mol. The molecule has 0 unspecified atom stereocenters. The number of ketones is 1. The number of carbonyl (C=O) groups excluding carboxylic acids is 1. The van der Waals surface area contributed by atoms with Gasteiger partial charge < -0.3 is 20.4 Å². The van der Waals surface area contributed by atoms with Crippen molar-refractivity contribution in [2.45, 2.75) is 30.7 Å². The number of aliphatic carboxylic acids is 1. The molecule has 1 aliphatic carbocycles. The van der Waals surface area contributed by atoms with Crippen molar-refractivity contribution in [2.24, 2.45) is 5.92 Å². The standard InChI is InChI=1S/C16H16O6S/c17-11-7-16(22,15(20)21)10(13(18)14(11)19)6-8-1-2-12-9(5-8)3-4-23-12/h1-5,10,13-14,18-19,22H,6-7H2,(H,20,21)/t10-,13+,14+,16+/m0/s1. The molecule has 0 amide bonds. The minimum Gasteiger partial charge on any atom is -0.479 e. The molecule has 1 fully saturated rings. The third-order valence-electron chi connectivity index (χ3n) is 4.47. The first-order valence-electron chi connectivity index (χ1n) is 7.13. The summed E-state index contributed by atoms with van der Waals surface area (Å²) in [4.78, 5) is 23.1. The second kappa shape index (κ2) is 5.68. The van der Waals surface area contributed by atoms with Gasteiger partial charge in [0.15, 0.2) is 11.4 Å². The summed E-state index contributed by atoms with van der Waals surface area (Å²) in [5.41, 5.74) is -1.67. The largest absolute Gasteiger partial charge is 0.479 e. The number of fused-ring (bicyclic) bond motifs is 1. The molecule has 1 aliphatic rings.